The summed E-state index contributed by atoms with van der Waals surface area (Å²) >= 11 is 0. The maximum absolute atomic E-state index is 9.57. The van der Waals surface area contributed by atoms with Crippen molar-refractivity contribution in [2.24, 2.45) is 5.18 Å². The number of rotatable bonds is 5. The van der Waals surface area contributed by atoms with Crippen LogP contribution in [0.3, 0.4) is 0 Å². The van der Waals surface area contributed by atoms with Crippen LogP contribution in [0.2, 0.25) is 0 Å². The Hall–Kier alpha value is -0.480. The first-order valence-electron chi connectivity index (χ1n) is 2.89. The molecule has 4 nitrogen and oxygen atoms in total. The van der Waals surface area contributed by atoms with Gasteiger partial charge in [-0.15, -0.1) is 0 Å². The highest BCUT2D eigenvalue weighted by molar-refractivity contribution is 4.51. The third-order valence-electron chi connectivity index (χ3n) is 1.05. The van der Waals surface area contributed by atoms with Crippen molar-refractivity contribution in [1.82, 2.24) is 4.90 Å². The molecule has 1 N–H and O–H groups in total. The Kier molecular flexibility index (Phi) is 5.35. The van der Waals surface area contributed by atoms with E-state index >= 15 is 0 Å². The molecule has 0 atom stereocenters. The van der Waals surface area contributed by atoms with E-state index in [-0.39, 0.29) is 6.61 Å². The largest absolute Gasteiger partial charge is 0.395 e. The van der Waals surface area contributed by atoms with Gasteiger partial charge in [-0.2, -0.15) is 4.91 Å². The molecular formula is C5H12N2O2. The Morgan fingerprint density at radius 3 is 2.67 bits per heavy atom. The van der Waals surface area contributed by atoms with Crippen molar-refractivity contribution in [1.29, 1.82) is 0 Å². The molecule has 4 heteroatoms. The van der Waals surface area contributed by atoms with Crippen LogP contribution in [0.5, 0.6) is 0 Å². The van der Waals surface area contributed by atoms with Crippen molar-refractivity contribution < 1.29 is 5.11 Å². The normalized spacial score (nSPS) is 10.1. The van der Waals surface area contributed by atoms with Gasteiger partial charge >= 0.3 is 0 Å². The number of hydrogen-bond acceptors (Lipinski definition) is 4. The van der Waals surface area contributed by atoms with Gasteiger partial charge in [-0.05, 0) is 7.05 Å². The zero-order chi connectivity index (χ0) is 7.11. The van der Waals surface area contributed by atoms with Gasteiger partial charge in [0.1, 0.15) is 0 Å². The monoisotopic (exact) mass is 132 g/mol. The Morgan fingerprint density at radius 1 is 1.56 bits per heavy atom. The second kappa shape index (κ2) is 5.65. The highest BCUT2D eigenvalue weighted by Crippen LogP contribution is 1.79. The number of nitrogens with zero attached hydrogens (tertiary/aromatic N) is 2. The van der Waals surface area contributed by atoms with E-state index in [2.05, 4.69) is 5.18 Å². The Balaban J connectivity index is 3.04. The summed E-state index contributed by atoms with van der Waals surface area (Å²) in [5.41, 5.74) is 0. The molecule has 0 saturated carbocycles. The molecule has 0 saturated heterocycles. The Bertz CT molecular complexity index is 77.4. The van der Waals surface area contributed by atoms with Gasteiger partial charge in [-0.25, -0.2) is 0 Å². The lowest BCUT2D eigenvalue weighted by molar-refractivity contribution is 0.224. The number of aliphatic hydroxyl groups is 1. The third-order valence-corrected chi connectivity index (χ3v) is 1.05. The minimum absolute atomic E-state index is 0.134. The summed E-state index contributed by atoms with van der Waals surface area (Å²) in [5.74, 6) is 0. The van der Waals surface area contributed by atoms with Crippen molar-refractivity contribution in [2.75, 3.05) is 33.3 Å². The summed E-state index contributed by atoms with van der Waals surface area (Å²) in [6.07, 6.45) is 0. The van der Waals surface area contributed by atoms with E-state index in [4.69, 9.17) is 5.11 Å². The Morgan fingerprint density at radius 2 is 2.22 bits per heavy atom. The number of hydrogen-bond donors (Lipinski definition) is 1. The average molecular weight is 132 g/mol. The van der Waals surface area contributed by atoms with E-state index in [0.29, 0.717) is 19.6 Å². The smallest absolute Gasteiger partial charge is 0.0938 e. The van der Waals surface area contributed by atoms with E-state index in [0.717, 1.165) is 0 Å². The lowest BCUT2D eigenvalue weighted by atomic mass is 10.5. The van der Waals surface area contributed by atoms with Gasteiger partial charge in [-0.3, -0.25) is 0 Å². The van der Waals surface area contributed by atoms with Gasteiger partial charge in [0.25, 0.3) is 0 Å². The zero-order valence-corrected chi connectivity index (χ0v) is 5.58. The van der Waals surface area contributed by atoms with Crippen LogP contribution in [0.4, 0.5) is 0 Å². The van der Waals surface area contributed by atoms with Crippen molar-refractivity contribution in [2.45, 2.75) is 0 Å². The van der Waals surface area contributed by atoms with Crippen molar-refractivity contribution in [3.63, 3.8) is 0 Å². The molecule has 0 aliphatic rings. The van der Waals surface area contributed by atoms with E-state index in [1.54, 1.807) is 0 Å². The summed E-state index contributed by atoms with van der Waals surface area (Å²) in [4.78, 5) is 11.4. The van der Waals surface area contributed by atoms with E-state index in [1.165, 1.54) is 0 Å². The number of aliphatic hydroxyl groups excluding tert-OH is 1. The minimum atomic E-state index is 0.134. The molecule has 0 rings (SSSR count). The van der Waals surface area contributed by atoms with Gasteiger partial charge < -0.3 is 10.0 Å². The molecule has 0 radical (unpaired) electrons. The van der Waals surface area contributed by atoms with Crippen LogP contribution >= 0.6 is 0 Å². The molecular weight excluding hydrogens is 120 g/mol. The maximum atomic E-state index is 9.57. The standard InChI is InChI=1S/C5H12N2O2/c1-7(4-5-8)3-2-6-9/h8H,2-5H2,1H3. The highest BCUT2D eigenvalue weighted by Gasteiger charge is 1.93. The fourth-order valence-electron chi connectivity index (χ4n) is 0.494. The highest BCUT2D eigenvalue weighted by atomic mass is 16.3. The second-order valence-corrected chi connectivity index (χ2v) is 1.88. The summed E-state index contributed by atoms with van der Waals surface area (Å²) in [6, 6.07) is 0. The second-order valence-electron chi connectivity index (χ2n) is 1.88. The first-order chi connectivity index (χ1) is 4.31. The fraction of sp³-hybridized carbons (Fsp3) is 1.00. The van der Waals surface area contributed by atoms with Gasteiger partial charge in [0.05, 0.1) is 13.2 Å². The quantitative estimate of drug-likeness (QED) is 0.521. The first-order valence-corrected chi connectivity index (χ1v) is 2.89. The van der Waals surface area contributed by atoms with E-state index < -0.39 is 0 Å². The molecule has 0 heterocycles. The molecule has 0 aromatic rings. The predicted octanol–water partition coefficient (Wildman–Crippen LogP) is -0.323. The number of likely N-dealkylation sites (N-methyl/N-ethyl adjacent to an activating group) is 1. The van der Waals surface area contributed by atoms with Crippen molar-refractivity contribution in [3.05, 3.63) is 4.91 Å². The molecule has 0 aliphatic carbocycles. The molecule has 0 spiro atoms. The van der Waals surface area contributed by atoms with Crippen LogP contribution in [-0.4, -0.2) is 43.3 Å². The predicted molar refractivity (Wildman–Crippen MR) is 35.2 cm³/mol. The summed E-state index contributed by atoms with van der Waals surface area (Å²) in [5, 5.41) is 11.1. The molecule has 0 aromatic heterocycles. The Labute approximate surface area is 54.4 Å². The fourth-order valence-corrected chi connectivity index (χ4v) is 0.494. The van der Waals surface area contributed by atoms with Crippen molar-refractivity contribution >= 4 is 0 Å². The van der Waals surface area contributed by atoms with Crippen LogP contribution in [0.15, 0.2) is 5.18 Å². The van der Waals surface area contributed by atoms with Crippen LogP contribution in [0.1, 0.15) is 0 Å². The van der Waals surface area contributed by atoms with Gasteiger partial charge in [0.2, 0.25) is 0 Å². The zero-order valence-electron chi connectivity index (χ0n) is 5.58. The molecule has 0 aromatic carbocycles. The molecule has 0 amide bonds. The van der Waals surface area contributed by atoms with Crippen LogP contribution < -0.4 is 0 Å². The van der Waals surface area contributed by atoms with Gasteiger partial charge in [0.15, 0.2) is 0 Å². The summed E-state index contributed by atoms with van der Waals surface area (Å²) in [6.45, 7) is 1.67. The first kappa shape index (κ1) is 8.52. The lowest BCUT2D eigenvalue weighted by Gasteiger charge is -2.11. The lowest BCUT2D eigenvalue weighted by Crippen LogP contribution is -2.24. The molecule has 54 valence electrons. The molecule has 0 fully saturated rings. The third kappa shape index (κ3) is 5.39. The van der Waals surface area contributed by atoms with Crippen LogP contribution in [0.25, 0.3) is 0 Å². The molecule has 0 bridgehead atoms. The average Bonchev–Trinajstić information content (AvgIpc) is 1.85. The molecule has 0 unspecified atom stereocenters. The SMILES string of the molecule is CN(CCO)CCN=O. The summed E-state index contributed by atoms with van der Waals surface area (Å²) in [7, 11) is 1.83. The van der Waals surface area contributed by atoms with Gasteiger partial charge in [-0.1, -0.05) is 5.18 Å². The topological polar surface area (TPSA) is 52.9 Å². The molecule has 9 heavy (non-hydrogen) atoms. The van der Waals surface area contributed by atoms with Crippen LogP contribution in [-0.2, 0) is 0 Å². The molecule has 0 aliphatic heterocycles. The maximum Gasteiger partial charge on any atom is 0.0938 e. The van der Waals surface area contributed by atoms with Crippen molar-refractivity contribution in [3.8, 4) is 0 Å². The van der Waals surface area contributed by atoms with E-state index in [9.17, 15) is 4.91 Å². The van der Waals surface area contributed by atoms with E-state index in [1.807, 2.05) is 11.9 Å². The minimum Gasteiger partial charge on any atom is -0.395 e. The van der Waals surface area contributed by atoms with Gasteiger partial charge in [0, 0.05) is 13.1 Å². The van der Waals surface area contributed by atoms with Crippen LogP contribution in [0, 0.1) is 4.91 Å². The number of nitroso groups, excluding NO2 is 1. The summed E-state index contributed by atoms with van der Waals surface area (Å²) < 4.78 is 0.